The van der Waals surface area contributed by atoms with E-state index >= 15 is 0 Å². The van der Waals surface area contributed by atoms with Gasteiger partial charge in [0.1, 0.15) is 15.5 Å². The van der Waals surface area contributed by atoms with Gasteiger partial charge in [0, 0.05) is 75.9 Å². The number of nitrogens with zero attached hydrogens (tertiary/aromatic N) is 9. The summed E-state index contributed by atoms with van der Waals surface area (Å²) in [5.74, 6) is 0. The molecule has 0 spiro atoms. The van der Waals surface area contributed by atoms with E-state index in [1.807, 2.05) is 117 Å². The summed E-state index contributed by atoms with van der Waals surface area (Å²) in [6.07, 6.45) is 17.5. The van der Waals surface area contributed by atoms with E-state index in [1.165, 1.54) is 0 Å². The molecule has 0 aliphatic rings. The molecule has 6 rings (SSSR count). The lowest BCUT2D eigenvalue weighted by Crippen LogP contribution is -2.29. The van der Waals surface area contributed by atoms with Crippen molar-refractivity contribution in [1.82, 2.24) is 29.0 Å². The second-order valence-corrected chi connectivity index (χ2v) is 10.7. The van der Waals surface area contributed by atoms with Crippen molar-refractivity contribution in [2.24, 2.45) is 0 Å². The fraction of sp³-hybridized carbons (Fsp3) is 0.182. The molecule has 0 radical (unpaired) electrons. The molecule has 0 fully saturated rings. The number of hydrogen-bond donors (Lipinski definition) is 0. The lowest BCUT2D eigenvalue weighted by molar-refractivity contribution is 0.679. The summed E-state index contributed by atoms with van der Waals surface area (Å²) in [7, 11) is 1.95. The average molecular weight is 665 g/mol. The highest BCUT2D eigenvalue weighted by Crippen LogP contribution is 2.20. The van der Waals surface area contributed by atoms with E-state index < -0.39 is 0 Å². The molecule has 0 aliphatic heterocycles. The van der Waals surface area contributed by atoms with Gasteiger partial charge in [-0.2, -0.15) is 0 Å². The number of hydrogen-bond acceptors (Lipinski definition) is 6. The van der Waals surface area contributed by atoms with Crippen molar-refractivity contribution in [2.75, 3.05) is 35.2 Å². The van der Waals surface area contributed by atoms with Crippen LogP contribution >= 0.6 is 34.8 Å². The monoisotopic (exact) mass is 663 g/mol. The molecule has 0 N–H and O–H groups in total. The van der Waals surface area contributed by atoms with Crippen LogP contribution in [0.3, 0.4) is 0 Å². The summed E-state index contributed by atoms with van der Waals surface area (Å²) >= 11 is 18.2. The molecule has 0 saturated heterocycles. The normalized spacial score (nSPS) is 10.3. The van der Waals surface area contributed by atoms with E-state index in [2.05, 4.69) is 38.8 Å². The van der Waals surface area contributed by atoms with Crippen LogP contribution in [0.5, 0.6) is 0 Å². The molecule has 45 heavy (non-hydrogen) atoms. The van der Waals surface area contributed by atoms with Crippen molar-refractivity contribution in [1.29, 1.82) is 0 Å². The van der Waals surface area contributed by atoms with Gasteiger partial charge in [-0.3, -0.25) is 30.0 Å². The largest absolute Gasteiger partial charge is 0.283 e. The summed E-state index contributed by atoms with van der Waals surface area (Å²) in [5.41, 5.74) is 3.21. The lowest BCUT2D eigenvalue weighted by atomic mass is 10.3. The Bertz CT molecular complexity index is 1670. The van der Waals surface area contributed by atoms with Crippen LogP contribution in [0.4, 0.5) is 17.1 Å². The zero-order valence-corrected chi connectivity index (χ0v) is 27.7. The van der Waals surface area contributed by atoms with Gasteiger partial charge >= 0.3 is 0 Å². The molecule has 6 heterocycles. The van der Waals surface area contributed by atoms with E-state index in [1.54, 1.807) is 37.2 Å². The fourth-order valence-electron chi connectivity index (χ4n) is 4.44. The number of aromatic nitrogens is 6. The zero-order valence-electron chi connectivity index (χ0n) is 25.4. The molecule has 6 aromatic rings. The molecule has 0 amide bonds. The highest BCUT2D eigenvalue weighted by atomic mass is 35.5. The third-order valence-corrected chi connectivity index (χ3v) is 7.47. The lowest BCUT2D eigenvalue weighted by Gasteiger charge is -2.26. The van der Waals surface area contributed by atoms with Crippen LogP contribution in [0.15, 0.2) is 129 Å². The highest BCUT2D eigenvalue weighted by molar-refractivity contribution is 6.30. The first kappa shape index (κ1) is 33.5. The minimum atomic E-state index is 0.685. The van der Waals surface area contributed by atoms with Crippen LogP contribution in [-0.2, 0) is 0 Å². The van der Waals surface area contributed by atoms with Gasteiger partial charge in [-0.25, -0.2) is 14.0 Å². The Morgan fingerprint density at radius 1 is 0.533 bits per heavy atom. The van der Waals surface area contributed by atoms with Gasteiger partial charge in [0.25, 0.3) is 0 Å². The van der Waals surface area contributed by atoms with E-state index in [0.29, 0.717) is 15.5 Å². The van der Waals surface area contributed by atoms with Gasteiger partial charge in [-0.15, -0.1) is 0 Å². The minimum absolute atomic E-state index is 0.685. The molecular weight excluding hydrogens is 629 g/mol. The summed E-state index contributed by atoms with van der Waals surface area (Å²) in [5, 5.41) is 8.25. The summed E-state index contributed by atoms with van der Waals surface area (Å²) in [4.78, 5) is 12.0. The van der Waals surface area contributed by atoms with Crippen LogP contribution in [0.1, 0.15) is 20.3 Å². The van der Waals surface area contributed by atoms with E-state index in [9.17, 15) is 0 Å². The average Bonchev–Trinajstić information content (AvgIpc) is 3.83. The van der Waals surface area contributed by atoms with E-state index in [-0.39, 0.29) is 0 Å². The summed E-state index contributed by atoms with van der Waals surface area (Å²) in [6.45, 7) is 5.99. The first-order chi connectivity index (χ1) is 21.9. The number of pyridine rings is 3. The number of anilines is 3. The standard InChI is InChI=1S/C12H14ClN3.C11H12ClN3.C10H10ClN3/c1-2-9-15(11-5-7-14-8-6-11)16-10-3-4-12(16)13;1-2-14(10-5-7-13-8-6-10)15-9-3-4-11(15)12;1-13(9-4-6-12-7-5-9)14-8-2-3-10(14)11/h3-8,10H,2,9H2,1H3;3-9H,2H2,1H3;2-8H,1H3. The maximum atomic E-state index is 6.13. The first-order valence-corrected chi connectivity index (χ1v) is 15.6. The van der Waals surface area contributed by atoms with Crippen LogP contribution in [0.25, 0.3) is 0 Å². The zero-order chi connectivity index (χ0) is 32.0. The SMILES string of the molecule is CCCN(c1ccncc1)n1cccc1Cl.CCN(c1ccncc1)n1cccc1Cl.CN(c1ccncc1)n1cccc1Cl. The molecule has 0 atom stereocenters. The Kier molecular flexibility index (Phi) is 12.8. The summed E-state index contributed by atoms with van der Waals surface area (Å²) < 4.78 is 5.72. The molecule has 234 valence electrons. The van der Waals surface area contributed by atoms with Crippen LogP contribution in [0.2, 0.25) is 15.5 Å². The Labute approximate surface area is 279 Å². The second kappa shape index (κ2) is 17.2. The van der Waals surface area contributed by atoms with Crippen molar-refractivity contribution < 1.29 is 0 Å². The van der Waals surface area contributed by atoms with Crippen LogP contribution in [0, 0.1) is 0 Å². The maximum Gasteiger partial charge on any atom is 0.128 e. The van der Waals surface area contributed by atoms with E-state index in [0.717, 1.165) is 36.6 Å². The number of halogens is 3. The van der Waals surface area contributed by atoms with Gasteiger partial charge in [-0.05, 0) is 86.1 Å². The molecule has 6 aromatic heterocycles. The third-order valence-electron chi connectivity index (χ3n) is 6.58. The Hall–Kier alpha value is -4.44. The molecule has 0 aromatic carbocycles. The van der Waals surface area contributed by atoms with Crippen molar-refractivity contribution in [2.45, 2.75) is 20.3 Å². The topological polar surface area (TPSA) is 63.2 Å². The smallest absolute Gasteiger partial charge is 0.128 e. The molecule has 9 nitrogen and oxygen atoms in total. The predicted octanol–water partition coefficient (Wildman–Crippen LogP) is 8.48. The molecule has 12 heteroatoms. The van der Waals surface area contributed by atoms with E-state index in [4.69, 9.17) is 34.8 Å². The molecular formula is C33H36Cl3N9. The van der Waals surface area contributed by atoms with Gasteiger partial charge in [0.15, 0.2) is 0 Å². The molecule has 0 unspecified atom stereocenters. The van der Waals surface area contributed by atoms with Gasteiger partial charge in [-0.1, -0.05) is 41.7 Å². The number of rotatable bonds is 9. The minimum Gasteiger partial charge on any atom is -0.283 e. The molecule has 0 aliphatic carbocycles. The molecule has 0 saturated carbocycles. The van der Waals surface area contributed by atoms with Crippen LogP contribution in [-0.4, -0.2) is 49.1 Å². The maximum absolute atomic E-state index is 6.13. The summed E-state index contributed by atoms with van der Waals surface area (Å²) in [6, 6.07) is 23.1. The molecule has 0 bridgehead atoms. The second-order valence-electron chi connectivity index (χ2n) is 9.51. The Morgan fingerprint density at radius 2 is 0.911 bits per heavy atom. The Balaban J connectivity index is 0.000000154. The first-order valence-electron chi connectivity index (χ1n) is 14.4. The third kappa shape index (κ3) is 9.04. The van der Waals surface area contributed by atoms with Crippen molar-refractivity contribution in [3.63, 3.8) is 0 Å². The van der Waals surface area contributed by atoms with Crippen molar-refractivity contribution >= 4 is 51.9 Å². The van der Waals surface area contributed by atoms with Gasteiger partial charge in [0.2, 0.25) is 0 Å². The van der Waals surface area contributed by atoms with Gasteiger partial charge in [0.05, 0.1) is 17.1 Å². The van der Waals surface area contributed by atoms with Crippen molar-refractivity contribution in [3.8, 4) is 0 Å². The van der Waals surface area contributed by atoms with Crippen LogP contribution < -0.4 is 15.0 Å². The van der Waals surface area contributed by atoms with Crippen molar-refractivity contribution in [3.05, 3.63) is 144 Å². The quantitative estimate of drug-likeness (QED) is 0.155. The fourth-order valence-corrected chi connectivity index (χ4v) is 5.12. The van der Waals surface area contributed by atoms with Gasteiger partial charge < -0.3 is 0 Å². The highest BCUT2D eigenvalue weighted by Gasteiger charge is 2.10. The predicted molar refractivity (Wildman–Crippen MR) is 186 cm³/mol. The Morgan fingerprint density at radius 3 is 1.29 bits per heavy atom.